The highest BCUT2D eigenvalue weighted by Gasteiger charge is 2.24. The molecular weight excluding hydrogens is 503 g/mol. The second kappa shape index (κ2) is 10.3. The molecule has 3 N–H and O–H groups in total. The van der Waals surface area contributed by atoms with Crippen LogP contribution in [-0.2, 0) is 15.8 Å². The number of sulfonamides is 1. The Balaban J connectivity index is 1.40. The summed E-state index contributed by atoms with van der Waals surface area (Å²) in [6.07, 6.45) is 3.61. The fourth-order valence-corrected chi connectivity index (χ4v) is 5.51. The molecule has 0 radical (unpaired) electrons. The lowest BCUT2D eigenvalue weighted by atomic mass is 10.0. The Hall–Kier alpha value is -3.70. The van der Waals surface area contributed by atoms with Crippen LogP contribution < -0.4 is 15.4 Å². The number of halogens is 3. The van der Waals surface area contributed by atoms with E-state index in [9.17, 15) is 17.2 Å². The minimum absolute atomic E-state index is 0.197. The topological polar surface area (TPSA) is 96.0 Å². The van der Waals surface area contributed by atoms with Gasteiger partial charge in [0.05, 0.1) is 11.3 Å². The minimum Gasteiger partial charge on any atom is -0.350 e. The van der Waals surface area contributed by atoms with Crippen LogP contribution in [0.5, 0.6) is 0 Å². The van der Waals surface area contributed by atoms with Crippen molar-refractivity contribution in [2.24, 2.45) is 0 Å². The van der Waals surface area contributed by atoms with Gasteiger partial charge in [-0.1, -0.05) is 36.4 Å². The Kier molecular flexibility index (Phi) is 6.98. The number of anilines is 2. The maximum Gasteiger partial charge on any atom is 0.237 e. The standard InChI is InChI=1S/C26H24F3N5O2S/c27-21-12-20(23(28)24(29)25(21)34-37(35,36)15-16-5-2-1-3-6-16)17-8-9-22-18(11-17)13-31-26(33-22)32-19-7-4-10-30-14-19/h1-3,5-6,8-9,11-13,19,30,34H,4,7,10,14-15H2,(H,31,32,33). The third-order valence-electron chi connectivity index (χ3n) is 6.14. The molecule has 0 bridgehead atoms. The summed E-state index contributed by atoms with van der Waals surface area (Å²) in [5.41, 5.74) is -0.216. The van der Waals surface area contributed by atoms with Crippen LogP contribution in [0.3, 0.4) is 0 Å². The summed E-state index contributed by atoms with van der Waals surface area (Å²) >= 11 is 0. The van der Waals surface area contributed by atoms with Gasteiger partial charge in [0, 0.05) is 29.7 Å². The number of rotatable bonds is 7. The molecule has 192 valence electrons. The van der Waals surface area contributed by atoms with Crippen LogP contribution in [0.25, 0.3) is 22.0 Å². The number of benzene rings is 3. The van der Waals surface area contributed by atoms with Crippen molar-refractivity contribution in [3.05, 3.63) is 83.8 Å². The lowest BCUT2D eigenvalue weighted by Crippen LogP contribution is -2.38. The van der Waals surface area contributed by atoms with Gasteiger partial charge >= 0.3 is 0 Å². The molecule has 1 saturated heterocycles. The predicted molar refractivity (Wildman–Crippen MR) is 137 cm³/mol. The number of hydrogen-bond donors (Lipinski definition) is 3. The van der Waals surface area contributed by atoms with Crippen molar-refractivity contribution in [1.82, 2.24) is 15.3 Å². The first kappa shape index (κ1) is 25.0. The van der Waals surface area contributed by atoms with Gasteiger partial charge in [-0.25, -0.2) is 31.6 Å². The van der Waals surface area contributed by atoms with E-state index in [0.717, 1.165) is 32.0 Å². The molecule has 0 amide bonds. The zero-order valence-corrected chi connectivity index (χ0v) is 20.5. The van der Waals surface area contributed by atoms with E-state index in [0.29, 0.717) is 22.4 Å². The predicted octanol–water partition coefficient (Wildman–Crippen LogP) is 4.82. The Morgan fingerprint density at radius 1 is 1.03 bits per heavy atom. The van der Waals surface area contributed by atoms with Crippen LogP contribution in [-0.4, -0.2) is 37.5 Å². The van der Waals surface area contributed by atoms with E-state index in [4.69, 9.17) is 0 Å². The zero-order chi connectivity index (χ0) is 26.0. The summed E-state index contributed by atoms with van der Waals surface area (Å²) in [6.45, 7) is 1.80. The third-order valence-corrected chi connectivity index (χ3v) is 7.37. The van der Waals surface area contributed by atoms with E-state index in [1.165, 1.54) is 12.1 Å². The lowest BCUT2D eigenvalue weighted by molar-refractivity contribution is 0.478. The van der Waals surface area contributed by atoms with Gasteiger partial charge in [0.2, 0.25) is 16.0 Å². The van der Waals surface area contributed by atoms with E-state index in [2.05, 4.69) is 20.6 Å². The Labute approximate surface area is 212 Å². The molecule has 7 nitrogen and oxygen atoms in total. The van der Waals surface area contributed by atoms with Crippen LogP contribution in [0.15, 0.2) is 60.8 Å². The molecule has 1 aromatic heterocycles. The number of fused-ring (bicyclic) bond motifs is 1. The molecule has 0 aliphatic carbocycles. The summed E-state index contributed by atoms with van der Waals surface area (Å²) in [4.78, 5) is 8.80. The van der Waals surface area contributed by atoms with E-state index >= 15 is 4.39 Å². The summed E-state index contributed by atoms with van der Waals surface area (Å²) in [7, 11) is -4.19. The number of hydrogen-bond acceptors (Lipinski definition) is 6. The molecular formula is C26H24F3N5O2S. The molecule has 11 heteroatoms. The van der Waals surface area contributed by atoms with Gasteiger partial charge in [-0.3, -0.25) is 4.72 Å². The molecule has 3 aromatic carbocycles. The molecule has 2 heterocycles. The van der Waals surface area contributed by atoms with Crippen LogP contribution in [0.4, 0.5) is 24.8 Å². The molecule has 0 saturated carbocycles. The first-order valence-corrected chi connectivity index (χ1v) is 13.4. The Bertz CT molecular complexity index is 1550. The van der Waals surface area contributed by atoms with Gasteiger partial charge < -0.3 is 10.6 Å². The minimum atomic E-state index is -4.19. The van der Waals surface area contributed by atoms with Crippen molar-refractivity contribution >= 4 is 32.6 Å². The first-order valence-electron chi connectivity index (χ1n) is 11.8. The fourth-order valence-electron chi connectivity index (χ4n) is 4.31. The van der Waals surface area contributed by atoms with E-state index in [1.807, 2.05) is 4.72 Å². The van der Waals surface area contributed by atoms with Gasteiger partial charge in [0.15, 0.2) is 17.5 Å². The molecule has 37 heavy (non-hydrogen) atoms. The molecule has 1 unspecified atom stereocenters. The van der Waals surface area contributed by atoms with Crippen molar-refractivity contribution in [1.29, 1.82) is 0 Å². The van der Waals surface area contributed by atoms with Crippen molar-refractivity contribution in [3.63, 3.8) is 0 Å². The number of aromatic nitrogens is 2. The van der Waals surface area contributed by atoms with Gasteiger partial charge in [-0.15, -0.1) is 0 Å². The van der Waals surface area contributed by atoms with Crippen molar-refractivity contribution in [2.75, 3.05) is 23.1 Å². The first-order chi connectivity index (χ1) is 17.8. The maximum atomic E-state index is 15.0. The molecule has 1 aliphatic heterocycles. The van der Waals surface area contributed by atoms with Crippen LogP contribution in [0.2, 0.25) is 0 Å². The van der Waals surface area contributed by atoms with E-state index in [-0.39, 0.29) is 17.2 Å². The van der Waals surface area contributed by atoms with Gasteiger partial charge in [-0.05, 0) is 48.7 Å². The molecule has 0 spiro atoms. The quantitative estimate of drug-likeness (QED) is 0.298. The average Bonchev–Trinajstić information content (AvgIpc) is 2.89. The highest BCUT2D eigenvalue weighted by Crippen LogP contribution is 2.33. The summed E-state index contributed by atoms with van der Waals surface area (Å²) < 4.78 is 71.5. The SMILES string of the molecule is O=S(=O)(Cc1ccccc1)Nc1c(F)cc(-c2ccc3nc(NC4CCCNC4)ncc3c2)c(F)c1F. The van der Waals surface area contributed by atoms with Crippen molar-refractivity contribution < 1.29 is 21.6 Å². The van der Waals surface area contributed by atoms with Crippen LogP contribution >= 0.6 is 0 Å². The third kappa shape index (κ3) is 5.67. The number of nitrogens with one attached hydrogen (secondary N) is 3. The average molecular weight is 528 g/mol. The van der Waals surface area contributed by atoms with Crippen molar-refractivity contribution in [3.8, 4) is 11.1 Å². The number of nitrogens with zero attached hydrogens (tertiary/aromatic N) is 2. The molecule has 1 aliphatic rings. The monoisotopic (exact) mass is 527 g/mol. The molecule has 1 fully saturated rings. The maximum absolute atomic E-state index is 15.0. The van der Waals surface area contributed by atoms with Crippen molar-refractivity contribution in [2.45, 2.75) is 24.6 Å². The van der Waals surface area contributed by atoms with E-state index < -0.39 is 38.9 Å². The molecule has 1 atom stereocenters. The highest BCUT2D eigenvalue weighted by atomic mass is 32.2. The summed E-state index contributed by atoms with van der Waals surface area (Å²) in [5, 5.41) is 7.14. The fraction of sp³-hybridized carbons (Fsp3) is 0.231. The largest absolute Gasteiger partial charge is 0.350 e. The molecule has 5 rings (SSSR count). The Morgan fingerprint density at radius 2 is 1.84 bits per heavy atom. The molecule has 4 aromatic rings. The van der Waals surface area contributed by atoms with Crippen LogP contribution in [0.1, 0.15) is 18.4 Å². The summed E-state index contributed by atoms with van der Waals surface area (Å²) in [6, 6.07) is 13.7. The van der Waals surface area contributed by atoms with Gasteiger partial charge in [0.1, 0.15) is 5.69 Å². The normalized spacial score (nSPS) is 16.0. The lowest BCUT2D eigenvalue weighted by Gasteiger charge is -2.23. The zero-order valence-electron chi connectivity index (χ0n) is 19.6. The smallest absolute Gasteiger partial charge is 0.237 e. The Morgan fingerprint density at radius 3 is 2.59 bits per heavy atom. The van der Waals surface area contributed by atoms with E-state index in [1.54, 1.807) is 42.6 Å². The second-order valence-electron chi connectivity index (χ2n) is 8.91. The number of piperidine rings is 1. The van der Waals surface area contributed by atoms with Crippen LogP contribution in [0, 0.1) is 17.5 Å². The highest BCUT2D eigenvalue weighted by molar-refractivity contribution is 7.91. The van der Waals surface area contributed by atoms with Gasteiger partial charge in [-0.2, -0.15) is 0 Å². The summed E-state index contributed by atoms with van der Waals surface area (Å²) in [5.74, 6) is -4.29. The second-order valence-corrected chi connectivity index (χ2v) is 10.6. The van der Waals surface area contributed by atoms with Gasteiger partial charge in [0.25, 0.3) is 0 Å².